The first-order chi connectivity index (χ1) is 7.50. The van der Waals surface area contributed by atoms with Crippen LogP contribution in [0.5, 0.6) is 5.75 Å². The molecule has 0 saturated carbocycles. The van der Waals surface area contributed by atoms with Gasteiger partial charge in [0.25, 0.3) is 0 Å². The van der Waals surface area contributed by atoms with E-state index in [0.717, 1.165) is 0 Å². The van der Waals surface area contributed by atoms with Crippen LogP contribution in [0, 0.1) is 0 Å². The Hall–Kier alpha value is -1.02. The van der Waals surface area contributed by atoms with Crippen molar-refractivity contribution in [3.05, 3.63) is 28.8 Å². The molecule has 0 aliphatic carbocycles. The number of Topliss-reactive ketones (excluding diaryl/α,β-unsaturated/α-hetero) is 1. The minimum absolute atomic E-state index is 0.00277. The van der Waals surface area contributed by atoms with Gasteiger partial charge in [0.1, 0.15) is 5.75 Å². The van der Waals surface area contributed by atoms with Crippen LogP contribution in [0.15, 0.2) is 18.2 Å². The number of carbonyl (C=O) groups is 1. The molecule has 0 bridgehead atoms. The SMILES string of the molecule is CC.CC(=O)c1ccc(OC(C)C)c(Cl)c1. The molecule has 0 aromatic heterocycles. The summed E-state index contributed by atoms with van der Waals surface area (Å²) in [6, 6.07) is 5.06. The van der Waals surface area contributed by atoms with Gasteiger partial charge in [0.05, 0.1) is 11.1 Å². The first-order valence-electron chi connectivity index (χ1n) is 5.48. The van der Waals surface area contributed by atoms with Crippen LogP contribution in [0.25, 0.3) is 0 Å². The molecule has 0 radical (unpaired) electrons. The highest BCUT2D eigenvalue weighted by Gasteiger charge is 2.06. The lowest BCUT2D eigenvalue weighted by Gasteiger charge is -2.11. The first kappa shape index (κ1) is 15.0. The Bertz CT molecular complexity index is 346. The van der Waals surface area contributed by atoms with Crippen molar-refractivity contribution in [2.24, 2.45) is 0 Å². The van der Waals surface area contributed by atoms with Gasteiger partial charge < -0.3 is 4.74 Å². The largest absolute Gasteiger partial charge is 0.489 e. The molecule has 0 atom stereocenters. The van der Waals surface area contributed by atoms with Crippen molar-refractivity contribution < 1.29 is 9.53 Å². The second kappa shape index (κ2) is 7.29. The average Bonchev–Trinajstić information content (AvgIpc) is 2.23. The molecule has 1 aromatic rings. The van der Waals surface area contributed by atoms with Gasteiger partial charge in [-0.15, -0.1) is 0 Å². The Kier molecular flexibility index (Phi) is 6.82. The smallest absolute Gasteiger partial charge is 0.159 e. The van der Waals surface area contributed by atoms with Crippen molar-refractivity contribution in [1.82, 2.24) is 0 Å². The Balaban J connectivity index is 0.00000106. The standard InChI is InChI=1S/C11H13ClO2.C2H6/c1-7(2)14-11-5-4-9(8(3)13)6-10(11)12;1-2/h4-7H,1-3H3;1-2H3. The van der Waals surface area contributed by atoms with E-state index in [1.807, 2.05) is 27.7 Å². The number of halogens is 1. The molecule has 0 unspecified atom stereocenters. The third-order valence-corrected chi connectivity index (χ3v) is 2.00. The highest BCUT2D eigenvalue weighted by atomic mass is 35.5. The van der Waals surface area contributed by atoms with Crippen LogP contribution in [0.3, 0.4) is 0 Å². The zero-order valence-corrected chi connectivity index (χ0v) is 11.3. The van der Waals surface area contributed by atoms with E-state index in [1.54, 1.807) is 18.2 Å². The van der Waals surface area contributed by atoms with Crippen molar-refractivity contribution in [1.29, 1.82) is 0 Å². The minimum atomic E-state index is 0.00277. The molecule has 16 heavy (non-hydrogen) atoms. The van der Waals surface area contributed by atoms with Gasteiger partial charge in [0.2, 0.25) is 0 Å². The van der Waals surface area contributed by atoms with Crippen molar-refractivity contribution in [2.45, 2.75) is 40.7 Å². The van der Waals surface area contributed by atoms with Gasteiger partial charge in [-0.05, 0) is 39.0 Å². The Morgan fingerprint density at radius 1 is 1.31 bits per heavy atom. The first-order valence-corrected chi connectivity index (χ1v) is 5.85. The fourth-order valence-corrected chi connectivity index (χ4v) is 1.29. The zero-order valence-electron chi connectivity index (χ0n) is 10.5. The Labute approximate surface area is 103 Å². The molecule has 90 valence electrons. The summed E-state index contributed by atoms with van der Waals surface area (Å²) in [6.07, 6.45) is 0.0793. The second-order valence-corrected chi connectivity index (χ2v) is 3.78. The molecule has 0 N–H and O–H groups in total. The van der Waals surface area contributed by atoms with Gasteiger partial charge in [-0.25, -0.2) is 0 Å². The normalized spacial score (nSPS) is 9.44. The number of ether oxygens (including phenoxy) is 1. The highest BCUT2D eigenvalue weighted by Crippen LogP contribution is 2.26. The van der Waals surface area contributed by atoms with Crippen LogP contribution in [-0.4, -0.2) is 11.9 Å². The molecule has 0 spiro atoms. The lowest BCUT2D eigenvalue weighted by Crippen LogP contribution is -2.06. The molecule has 0 aliphatic rings. The summed E-state index contributed by atoms with van der Waals surface area (Å²) in [5.41, 5.74) is 0.603. The maximum Gasteiger partial charge on any atom is 0.159 e. The number of hydrogen-bond acceptors (Lipinski definition) is 2. The van der Waals surface area contributed by atoms with E-state index in [4.69, 9.17) is 16.3 Å². The van der Waals surface area contributed by atoms with E-state index in [2.05, 4.69) is 0 Å². The number of rotatable bonds is 3. The third-order valence-electron chi connectivity index (χ3n) is 1.70. The minimum Gasteiger partial charge on any atom is -0.489 e. The van der Waals surface area contributed by atoms with E-state index in [1.165, 1.54) is 6.92 Å². The molecular weight excluding hydrogens is 224 g/mol. The Morgan fingerprint density at radius 2 is 1.88 bits per heavy atom. The predicted molar refractivity (Wildman–Crippen MR) is 68.6 cm³/mol. The van der Waals surface area contributed by atoms with Crippen molar-refractivity contribution in [3.63, 3.8) is 0 Å². The molecule has 2 nitrogen and oxygen atoms in total. The van der Waals surface area contributed by atoms with Crippen molar-refractivity contribution in [3.8, 4) is 5.75 Å². The molecule has 0 fully saturated rings. The predicted octanol–water partition coefficient (Wildman–Crippen LogP) is 4.36. The maximum atomic E-state index is 11.0. The number of benzene rings is 1. The van der Waals surface area contributed by atoms with Crippen LogP contribution in [0.2, 0.25) is 5.02 Å². The highest BCUT2D eigenvalue weighted by molar-refractivity contribution is 6.32. The molecule has 3 heteroatoms. The monoisotopic (exact) mass is 242 g/mol. The van der Waals surface area contributed by atoms with E-state index < -0.39 is 0 Å². The van der Waals surface area contributed by atoms with E-state index in [0.29, 0.717) is 16.3 Å². The summed E-state index contributed by atoms with van der Waals surface area (Å²) in [5, 5.41) is 0.478. The van der Waals surface area contributed by atoms with Gasteiger partial charge in [-0.1, -0.05) is 25.4 Å². The summed E-state index contributed by atoms with van der Waals surface area (Å²) in [6.45, 7) is 9.36. The van der Waals surface area contributed by atoms with Gasteiger partial charge in [0, 0.05) is 5.56 Å². The van der Waals surface area contributed by atoms with Crippen LogP contribution in [-0.2, 0) is 0 Å². The summed E-state index contributed by atoms with van der Waals surface area (Å²) in [5.74, 6) is 0.620. The molecule has 0 amide bonds. The average molecular weight is 243 g/mol. The fraction of sp³-hybridized carbons (Fsp3) is 0.462. The number of hydrogen-bond donors (Lipinski definition) is 0. The van der Waals surface area contributed by atoms with E-state index in [9.17, 15) is 4.79 Å². The summed E-state index contributed by atoms with van der Waals surface area (Å²) >= 11 is 5.94. The van der Waals surface area contributed by atoms with E-state index in [-0.39, 0.29) is 11.9 Å². The lowest BCUT2D eigenvalue weighted by atomic mass is 10.1. The topological polar surface area (TPSA) is 26.3 Å². The van der Waals surface area contributed by atoms with Gasteiger partial charge in [-0.2, -0.15) is 0 Å². The van der Waals surface area contributed by atoms with Crippen molar-refractivity contribution >= 4 is 17.4 Å². The molecule has 1 aromatic carbocycles. The summed E-state index contributed by atoms with van der Waals surface area (Å²) < 4.78 is 5.44. The van der Waals surface area contributed by atoms with Crippen LogP contribution < -0.4 is 4.74 Å². The van der Waals surface area contributed by atoms with Gasteiger partial charge in [-0.3, -0.25) is 4.79 Å². The van der Waals surface area contributed by atoms with Crippen LogP contribution >= 0.6 is 11.6 Å². The number of ketones is 1. The van der Waals surface area contributed by atoms with Crippen LogP contribution in [0.1, 0.15) is 45.0 Å². The molecular formula is C13H19ClO2. The van der Waals surface area contributed by atoms with Gasteiger partial charge >= 0.3 is 0 Å². The van der Waals surface area contributed by atoms with Crippen LogP contribution in [0.4, 0.5) is 0 Å². The van der Waals surface area contributed by atoms with E-state index >= 15 is 0 Å². The lowest BCUT2D eigenvalue weighted by molar-refractivity contribution is 0.101. The summed E-state index contributed by atoms with van der Waals surface area (Å²) in [4.78, 5) is 11.0. The zero-order chi connectivity index (χ0) is 12.7. The number of carbonyl (C=O) groups excluding carboxylic acids is 1. The quantitative estimate of drug-likeness (QED) is 0.737. The Morgan fingerprint density at radius 3 is 2.25 bits per heavy atom. The molecule has 0 heterocycles. The molecule has 0 aliphatic heterocycles. The van der Waals surface area contributed by atoms with Gasteiger partial charge in [0.15, 0.2) is 5.78 Å². The van der Waals surface area contributed by atoms with Crippen molar-refractivity contribution in [2.75, 3.05) is 0 Å². The third kappa shape index (κ3) is 4.67. The molecule has 0 saturated heterocycles. The maximum absolute atomic E-state index is 11.0. The fourth-order valence-electron chi connectivity index (χ4n) is 1.07. The summed E-state index contributed by atoms with van der Waals surface area (Å²) in [7, 11) is 0. The molecule has 1 rings (SSSR count). The second-order valence-electron chi connectivity index (χ2n) is 3.37.